The number of aromatic nitrogens is 3. The van der Waals surface area contributed by atoms with Crippen LogP contribution in [0.15, 0.2) is 48.1 Å². The average molecular weight is 414 g/mol. The molecule has 5 nitrogen and oxygen atoms in total. The van der Waals surface area contributed by atoms with Gasteiger partial charge in [-0.3, -0.25) is 9.36 Å². The van der Waals surface area contributed by atoms with E-state index in [4.69, 9.17) is 4.74 Å². The first-order valence-electron chi connectivity index (χ1n) is 8.93. The fraction of sp³-hybridized carbons (Fsp3) is 0.286. The molecule has 0 unspecified atom stereocenters. The lowest BCUT2D eigenvalue weighted by Crippen LogP contribution is -2.09. The highest BCUT2D eigenvalue weighted by Crippen LogP contribution is 2.25. The summed E-state index contributed by atoms with van der Waals surface area (Å²) in [7, 11) is 0. The molecular weight excluding hydrogens is 390 g/mol. The third-order valence-corrected chi connectivity index (χ3v) is 6.07. The molecule has 3 rings (SSSR count). The van der Waals surface area contributed by atoms with Gasteiger partial charge in [-0.25, -0.2) is 0 Å². The van der Waals surface area contributed by atoms with Gasteiger partial charge in [-0.05, 0) is 44.5 Å². The van der Waals surface area contributed by atoms with Crippen LogP contribution < -0.4 is 4.74 Å². The van der Waals surface area contributed by atoms with Crippen LogP contribution in [0.5, 0.6) is 5.75 Å². The molecular formula is C21H23N3O2S2. The van der Waals surface area contributed by atoms with E-state index in [9.17, 15) is 4.79 Å². The van der Waals surface area contributed by atoms with Crippen molar-refractivity contribution in [1.82, 2.24) is 14.8 Å². The van der Waals surface area contributed by atoms with Gasteiger partial charge < -0.3 is 4.74 Å². The highest BCUT2D eigenvalue weighted by molar-refractivity contribution is 7.99. The molecule has 1 aromatic carbocycles. The number of allylic oxidation sites excluding steroid dienone is 1. The number of carbonyl (C=O) groups excluding carboxylic acids is 1. The van der Waals surface area contributed by atoms with Crippen molar-refractivity contribution in [3.8, 4) is 5.75 Å². The number of rotatable bonds is 9. The number of carbonyl (C=O) groups is 1. The van der Waals surface area contributed by atoms with Gasteiger partial charge in [-0.15, -0.1) is 28.1 Å². The van der Waals surface area contributed by atoms with Crippen LogP contribution in [0, 0.1) is 20.8 Å². The van der Waals surface area contributed by atoms with Gasteiger partial charge in [0.15, 0.2) is 16.8 Å². The number of thiophene rings is 1. The van der Waals surface area contributed by atoms with E-state index in [2.05, 4.69) is 16.8 Å². The highest BCUT2D eigenvalue weighted by atomic mass is 32.2. The maximum atomic E-state index is 12.6. The minimum Gasteiger partial charge on any atom is -0.486 e. The molecule has 2 heterocycles. The van der Waals surface area contributed by atoms with Crippen LogP contribution in [0.4, 0.5) is 0 Å². The third kappa shape index (κ3) is 4.91. The van der Waals surface area contributed by atoms with E-state index in [1.807, 2.05) is 55.7 Å². The van der Waals surface area contributed by atoms with Crippen molar-refractivity contribution in [3.63, 3.8) is 0 Å². The van der Waals surface area contributed by atoms with Crippen molar-refractivity contribution in [2.45, 2.75) is 39.1 Å². The molecule has 0 aliphatic carbocycles. The van der Waals surface area contributed by atoms with Crippen LogP contribution in [0.25, 0.3) is 0 Å². The molecule has 0 fully saturated rings. The summed E-state index contributed by atoms with van der Waals surface area (Å²) in [4.78, 5) is 14.8. The van der Waals surface area contributed by atoms with Crippen LogP contribution >= 0.6 is 23.1 Å². The molecule has 0 amide bonds. The number of aryl methyl sites for hydroxylation is 3. The fourth-order valence-corrected chi connectivity index (χ4v) is 4.61. The van der Waals surface area contributed by atoms with Gasteiger partial charge in [0.25, 0.3) is 0 Å². The van der Waals surface area contributed by atoms with E-state index in [1.54, 1.807) is 17.4 Å². The zero-order valence-electron chi connectivity index (χ0n) is 16.3. The number of nitrogens with zero attached hydrogens (tertiary/aromatic N) is 3. The van der Waals surface area contributed by atoms with Crippen molar-refractivity contribution in [1.29, 1.82) is 0 Å². The maximum Gasteiger partial charge on any atom is 0.192 e. The largest absolute Gasteiger partial charge is 0.486 e. The Balaban J connectivity index is 1.68. The van der Waals surface area contributed by atoms with Gasteiger partial charge in [-0.1, -0.05) is 30.0 Å². The second kappa shape index (κ2) is 9.21. The van der Waals surface area contributed by atoms with E-state index in [0.29, 0.717) is 29.9 Å². The van der Waals surface area contributed by atoms with E-state index in [0.717, 1.165) is 26.6 Å². The normalized spacial score (nSPS) is 10.8. The van der Waals surface area contributed by atoms with Crippen molar-refractivity contribution < 1.29 is 9.53 Å². The maximum absolute atomic E-state index is 12.6. The van der Waals surface area contributed by atoms with Crippen molar-refractivity contribution in [2.24, 2.45) is 0 Å². The Bertz CT molecular complexity index is 991. The zero-order chi connectivity index (χ0) is 20.1. The number of Topliss-reactive ketones (excluding diaryl/α,β-unsaturated/α-hetero) is 1. The smallest absolute Gasteiger partial charge is 0.192 e. The molecule has 0 saturated heterocycles. The molecule has 0 radical (unpaired) electrons. The van der Waals surface area contributed by atoms with E-state index < -0.39 is 0 Å². The van der Waals surface area contributed by atoms with E-state index in [1.165, 1.54) is 11.8 Å². The van der Waals surface area contributed by atoms with E-state index >= 15 is 0 Å². The lowest BCUT2D eigenvalue weighted by Gasteiger charge is -2.09. The molecule has 0 aliphatic rings. The first-order chi connectivity index (χ1) is 13.5. The Morgan fingerprint density at radius 3 is 2.79 bits per heavy atom. The van der Waals surface area contributed by atoms with Gasteiger partial charge in [-0.2, -0.15) is 0 Å². The Labute approximate surface area is 173 Å². The van der Waals surface area contributed by atoms with Crippen molar-refractivity contribution in [2.75, 3.05) is 5.75 Å². The minimum absolute atomic E-state index is 0.109. The summed E-state index contributed by atoms with van der Waals surface area (Å²) < 4.78 is 7.79. The van der Waals surface area contributed by atoms with Crippen LogP contribution in [-0.4, -0.2) is 26.3 Å². The average Bonchev–Trinajstić information content (AvgIpc) is 3.20. The van der Waals surface area contributed by atoms with Crippen LogP contribution in [0.3, 0.4) is 0 Å². The van der Waals surface area contributed by atoms with Gasteiger partial charge in [0, 0.05) is 21.9 Å². The van der Waals surface area contributed by atoms with Gasteiger partial charge in [0.1, 0.15) is 12.4 Å². The molecule has 0 bridgehead atoms. The molecule has 28 heavy (non-hydrogen) atoms. The second-order valence-electron chi connectivity index (χ2n) is 6.44. The monoisotopic (exact) mass is 413 g/mol. The lowest BCUT2D eigenvalue weighted by atomic mass is 10.2. The molecule has 2 aromatic heterocycles. The summed E-state index contributed by atoms with van der Waals surface area (Å²) in [5.74, 6) is 1.93. The molecule has 0 aliphatic heterocycles. The van der Waals surface area contributed by atoms with Gasteiger partial charge in [0.05, 0.1) is 5.75 Å². The summed E-state index contributed by atoms with van der Waals surface area (Å²) in [5.41, 5.74) is 1.94. The number of benzene rings is 1. The van der Waals surface area contributed by atoms with Crippen LogP contribution in [-0.2, 0) is 13.2 Å². The molecule has 146 valence electrons. The standard InChI is InChI=1S/C21H23N3O2S2/c1-5-9-24-20(12-26-17-8-6-7-14(2)10-17)22-23-21(24)27-13-19(25)18-11-15(3)28-16(18)4/h5-8,10-11H,1,9,12-13H2,2-4H3. The molecule has 0 saturated carbocycles. The third-order valence-electron chi connectivity index (χ3n) is 4.14. The molecule has 7 heteroatoms. The zero-order valence-corrected chi connectivity index (χ0v) is 17.9. The molecule has 0 N–H and O–H groups in total. The fourth-order valence-electron chi connectivity index (χ4n) is 2.81. The van der Waals surface area contributed by atoms with Crippen LogP contribution in [0.1, 0.15) is 31.5 Å². The lowest BCUT2D eigenvalue weighted by molar-refractivity contribution is 0.102. The first-order valence-corrected chi connectivity index (χ1v) is 10.7. The molecule has 3 aromatic rings. The number of ketones is 1. The summed E-state index contributed by atoms with van der Waals surface area (Å²) in [6.07, 6.45) is 1.79. The minimum atomic E-state index is 0.109. The summed E-state index contributed by atoms with van der Waals surface area (Å²) in [6, 6.07) is 9.84. The Hall–Kier alpha value is -2.38. The Kier molecular flexibility index (Phi) is 6.70. The summed E-state index contributed by atoms with van der Waals surface area (Å²) in [5, 5.41) is 9.21. The molecule has 0 atom stereocenters. The van der Waals surface area contributed by atoms with Crippen molar-refractivity contribution in [3.05, 3.63) is 69.7 Å². The van der Waals surface area contributed by atoms with Crippen LogP contribution in [0.2, 0.25) is 0 Å². The summed E-state index contributed by atoms with van der Waals surface area (Å²) >= 11 is 3.04. The second-order valence-corrected chi connectivity index (χ2v) is 8.84. The van der Waals surface area contributed by atoms with E-state index in [-0.39, 0.29) is 5.78 Å². The topological polar surface area (TPSA) is 57.0 Å². The Morgan fingerprint density at radius 1 is 1.29 bits per heavy atom. The highest BCUT2D eigenvalue weighted by Gasteiger charge is 2.17. The number of thioether (sulfide) groups is 1. The van der Waals surface area contributed by atoms with Gasteiger partial charge >= 0.3 is 0 Å². The molecule has 0 spiro atoms. The predicted molar refractivity (Wildman–Crippen MR) is 115 cm³/mol. The quantitative estimate of drug-likeness (QED) is 0.280. The van der Waals surface area contributed by atoms with Gasteiger partial charge in [0.2, 0.25) is 0 Å². The SMILES string of the molecule is C=CCn1c(COc2cccc(C)c2)nnc1SCC(=O)c1cc(C)sc1C. The first kappa shape index (κ1) is 20.4. The number of hydrogen-bond donors (Lipinski definition) is 0. The number of hydrogen-bond acceptors (Lipinski definition) is 6. The number of ether oxygens (including phenoxy) is 1. The Morgan fingerprint density at radius 2 is 2.11 bits per heavy atom. The van der Waals surface area contributed by atoms with Crippen molar-refractivity contribution >= 4 is 28.9 Å². The predicted octanol–water partition coefficient (Wildman–Crippen LogP) is 5.00. The summed E-state index contributed by atoms with van der Waals surface area (Å²) in [6.45, 7) is 10.7.